The molecule has 0 radical (unpaired) electrons. The van der Waals surface area contributed by atoms with Gasteiger partial charge in [0, 0.05) is 12.0 Å². The topological polar surface area (TPSA) is 129 Å². The molecule has 0 N–H and O–H groups in total. The van der Waals surface area contributed by atoms with Crippen molar-refractivity contribution in [1.29, 1.82) is 0 Å². The van der Waals surface area contributed by atoms with Gasteiger partial charge in [-0.3, -0.25) is 4.79 Å². The van der Waals surface area contributed by atoms with Crippen LogP contribution in [0.2, 0.25) is 0 Å². The van der Waals surface area contributed by atoms with Crippen LogP contribution in [0.3, 0.4) is 0 Å². The van der Waals surface area contributed by atoms with Crippen molar-refractivity contribution in [3.8, 4) is 0 Å². The number of ether oxygens (including phenoxy) is 4. The van der Waals surface area contributed by atoms with Gasteiger partial charge in [0.15, 0.2) is 5.78 Å². The zero-order valence-electron chi connectivity index (χ0n) is 30.7. The molecule has 11 heteroatoms. The normalized spacial score (nSPS) is 14.3. The zero-order valence-corrected chi connectivity index (χ0v) is 30.7. The van der Waals surface area contributed by atoms with Crippen molar-refractivity contribution < 1.29 is 42.9 Å². The minimum atomic E-state index is -2.62. The number of hydrazine groups is 1. The molecular weight excluding hydrogens is 712 g/mol. The van der Waals surface area contributed by atoms with Gasteiger partial charge in [-0.05, 0) is 40.3 Å². The van der Waals surface area contributed by atoms with Crippen LogP contribution < -0.4 is 0 Å². The molecule has 0 unspecified atom stereocenters. The smallest absolute Gasteiger partial charge is 0.431 e. The Morgan fingerprint density at radius 1 is 0.536 bits per heavy atom. The van der Waals surface area contributed by atoms with Crippen LogP contribution in [0.25, 0.3) is 5.57 Å². The Bertz CT molecular complexity index is 2100. The maximum Gasteiger partial charge on any atom is 0.431 e. The summed E-state index contributed by atoms with van der Waals surface area (Å²) in [4.78, 5) is 70.6. The van der Waals surface area contributed by atoms with Crippen molar-refractivity contribution >= 4 is 35.5 Å². The third-order valence-corrected chi connectivity index (χ3v) is 9.30. The van der Waals surface area contributed by atoms with Gasteiger partial charge in [-0.15, -0.1) is 0 Å². The lowest BCUT2D eigenvalue weighted by Crippen LogP contribution is -2.64. The standard InChI is InChI=1S/C45H40N2O9/c1-32(38-23-25-39(26-24-38)33(2)48)40-27-45(41(49)53-28-34-15-7-3-8-16-34,42(50)54-29-35-17-9-4-10-18-35)47(44(52)56-31-37-21-13-6-14-22-37)46(40)43(51)55-30-36-19-11-5-12-20-36/h3-26,40H,1,27-31H2,2H3/t40-/m1/s1. The summed E-state index contributed by atoms with van der Waals surface area (Å²) in [5.74, 6) is -2.50. The van der Waals surface area contributed by atoms with Gasteiger partial charge in [-0.2, -0.15) is 5.01 Å². The number of rotatable bonds is 13. The van der Waals surface area contributed by atoms with Gasteiger partial charge in [0.25, 0.3) is 5.54 Å². The van der Waals surface area contributed by atoms with Crippen molar-refractivity contribution in [2.24, 2.45) is 0 Å². The molecule has 1 aliphatic rings. The lowest BCUT2D eigenvalue weighted by Gasteiger charge is -2.36. The predicted octanol–water partition coefficient (Wildman–Crippen LogP) is 8.09. The van der Waals surface area contributed by atoms with Crippen molar-refractivity contribution in [2.45, 2.75) is 51.4 Å². The van der Waals surface area contributed by atoms with E-state index >= 15 is 0 Å². The van der Waals surface area contributed by atoms with Crippen molar-refractivity contribution in [1.82, 2.24) is 10.0 Å². The maximum absolute atomic E-state index is 14.7. The Morgan fingerprint density at radius 3 is 1.29 bits per heavy atom. The maximum atomic E-state index is 14.7. The number of carbonyl (C=O) groups is 5. The number of esters is 2. The fourth-order valence-electron chi connectivity index (χ4n) is 6.28. The van der Waals surface area contributed by atoms with Crippen LogP contribution in [0, 0.1) is 0 Å². The number of amides is 2. The molecule has 1 saturated heterocycles. The molecule has 11 nitrogen and oxygen atoms in total. The van der Waals surface area contributed by atoms with Crippen molar-refractivity contribution in [3.63, 3.8) is 0 Å². The van der Waals surface area contributed by atoms with Crippen molar-refractivity contribution in [2.75, 3.05) is 0 Å². The van der Waals surface area contributed by atoms with E-state index < -0.39 is 42.1 Å². The summed E-state index contributed by atoms with van der Waals surface area (Å²) < 4.78 is 23.2. The number of nitrogens with zero attached hydrogens (tertiary/aromatic N) is 2. The minimum Gasteiger partial charge on any atom is -0.459 e. The second-order valence-electron chi connectivity index (χ2n) is 13.1. The summed E-state index contributed by atoms with van der Waals surface area (Å²) in [5, 5.41) is 1.54. The van der Waals surface area contributed by atoms with E-state index in [1.54, 1.807) is 140 Å². The number of hydrogen-bond acceptors (Lipinski definition) is 9. The first-order valence-corrected chi connectivity index (χ1v) is 17.9. The fraction of sp³-hybridized carbons (Fsp3) is 0.178. The largest absolute Gasteiger partial charge is 0.459 e. The molecular formula is C45H40N2O9. The van der Waals surface area contributed by atoms with Crippen molar-refractivity contribution in [3.05, 3.63) is 186 Å². The van der Waals surface area contributed by atoms with E-state index in [0.717, 1.165) is 5.01 Å². The lowest BCUT2D eigenvalue weighted by molar-refractivity contribution is -0.179. The Balaban J connectivity index is 1.47. The van der Waals surface area contributed by atoms with E-state index in [1.165, 1.54) is 6.92 Å². The Hall–Kier alpha value is -7.01. The van der Waals surface area contributed by atoms with Crippen LogP contribution in [-0.2, 0) is 55.0 Å². The van der Waals surface area contributed by atoms with Crippen LogP contribution in [0.4, 0.5) is 9.59 Å². The highest BCUT2D eigenvalue weighted by Gasteiger charge is 2.68. The molecule has 0 bridgehead atoms. The quantitative estimate of drug-likeness (QED) is 0.0507. The molecule has 1 fully saturated rings. The summed E-state index contributed by atoms with van der Waals surface area (Å²) in [6.07, 6.45) is -2.84. The molecule has 0 spiro atoms. The molecule has 5 aromatic carbocycles. The molecule has 0 saturated carbocycles. The van der Waals surface area contributed by atoms with Gasteiger partial charge in [0.2, 0.25) is 0 Å². The zero-order chi connectivity index (χ0) is 39.5. The summed E-state index contributed by atoms with van der Waals surface area (Å²) in [7, 11) is 0. The van der Waals surface area contributed by atoms with Crippen LogP contribution in [0.1, 0.15) is 51.5 Å². The number of ketones is 1. The van der Waals surface area contributed by atoms with E-state index in [-0.39, 0.29) is 37.8 Å². The first-order chi connectivity index (χ1) is 27.2. The molecule has 284 valence electrons. The summed E-state index contributed by atoms with van der Waals surface area (Å²) in [6.45, 7) is 4.69. The monoisotopic (exact) mass is 752 g/mol. The third-order valence-electron chi connectivity index (χ3n) is 9.30. The highest BCUT2D eigenvalue weighted by molar-refractivity contribution is 6.09. The van der Waals surface area contributed by atoms with Gasteiger partial charge in [0.05, 0.1) is 6.04 Å². The molecule has 56 heavy (non-hydrogen) atoms. The number of Topliss-reactive ketones (excluding diaryl/α,β-unsaturated/α-hetero) is 1. The summed E-state index contributed by atoms with van der Waals surface area (Å²) in [6, 6.07) is 40.4. The Morgan fingerprint density at radius 2 is 0.893 bits per heavy atom. The van der Waals surface area contributed by atoms with Gasteiger partial charge < -0.3 is 18.9 Å². The Labute approximate surface area is 324 Å². The minimum absolute atomic E-state index is 0.164. The average molecular weight is 753 g/mol. The predicted molar refractivity (Wildman–Crippen MR) is 206 cm³/mol. The Kier molecular flexibility index (Phi) is 12.4. The third kappa shape index (κ3) is 8.85. The van der Waals surface area contributed by atoms with Crippen LogP contribution in [0.5, 0.6) is 0 Å². The van der Waals surface area contributed by atoms with Gasteiger partial charge in [-0.25, -0.2) is 24.2 Å². The highest BCUT2D eigenvalue weighted by atomic mass is 16.6. The van der Waals surface area contributed by atoms with E-state index in [0.29, 0.717) is 38.4 Å². The molecule has 1 atom stereocenters. The van der Waals surface area contributed by atoms with Crippen LogP contribution in [0.15, 0.2) is 152 Å². The lowest BCUT2D eigenvalue weighted by atomic mass is 9.87. The number of hydrogen-bond donors (Lipinski definition) is 0. The van der Waals surface area contributed by atoms with E-state index in [2.05, 4.69) is 6.58 Å². The molecule has 1 heterocycles. The first-order valence-electron chi connectivity index (χ1n) is 17.9. The molecule has 2 amide bonds. The van der Waals surface area contributed by atoms with Gasteiger partial charge >= 0.3 is 24.1 Å². The molecule has 1 aliphatic heterocycles. The molecule has 0 aliphatic carbocycles. The summed E-state index contributed by atoms with van der Waals surface area (Å²) >= 11 is 0. The van der Waals surface area contributed by atoms with Gasteiger partial charge in [-0.1, -0.05) is 152 Å². The molecule has 6 rings (SSSR count). The van der Waals surface area contributed by atoms with E-state index in [1.807, 2.05) is 6.07 Å². The number of carbonyl (C=O) groups excluding carboxylic acids is 5. The van der Waals surface area contributed by atoms with Crippen LogP contribution >= 0.6 is 0 Å². The van der Waals surface area contributed by atoms with Gasteiger partial charge in [0.1, 0.15) is 26.4 Å². The second-order valence-corrected chi connectivity index (χ2v) is 13.1. The SMILES string of the molecule is C=C(c1ccc(C(C)=O)cc1)[C@H]1CC(C(=O)OCc2ccccc2)(C(=O)OCc2ccccc2)N(C(=O)OCc2ccccc2)N1C(=O)OCc1ccccc1. The highest BCUT2D eigenvalue weighted by Crippen LogP contribution is 2.43. The van der Waals surface area contributed by atoms with E-state index in [9.17, 15) is 24.0 Å². The molecule has 5 aromatic rings. The second kappa shape index (κ2) is 17.9. The fourth-order valence-corrected chi connectivity index (χ4v) is 6.28. The van der Waals surface area contributed by atoms with Crippen LogP contribution in [-0.4, -0.2) is 51.5 Å². The molecule has 0 aromatic heterocycles. The summed E-state index contributed by atoms with van der Waals surface area (Å²) in [5.41, 5.74) is 0.969. The average Bonchev–Trinajstić information content (AvgIpc) is 3.62. The first kappa shape index (κ1) is 38.7. The number of benzene rings is 5. The van der Waals surface area contributed by atoms with E-state index in [4.69, 9.17) is 18.9 Å².